The molecule has 0 aliphatic heterocycles. The van der Waals surface area contributed by atoms with Crippen LogP contribution in [-0.2, 0) is 11.3 Å². The molecule has 0 aromatic carbocycles. The summed E-state index contributed by atoms with van der Waals surface area (Å²) < 4.78 is 5.53. The van der Waals surface area contributed by atoms with Crippen molar-refractivity contribution in [3.05, 3.63) is 54.4 Å². The topological polar surface area (TPSA) is 81.1 Å². The van der Waals surface area contributed by atoms with Gasteiger partial charge in [-0.25, -0.2) is 14.8 Å². The van der Waals surface area contributed by atoms with Gasteiger partial charge in [0.05, 0.1) is 24.0 Å². The first-order valence-electron chi connectivity index (χ1n) is 8.02. The molecule has 7 heteroatoms. The third kappa shape index (κ3) is 5.34. The molecule has 0 saturated heterocycles. The van der Waals surface area contributed by atoms with Crippen molar-refractivity contribution in [2.24, 2.45) is 0 Å². The Labute approximate surface area is 147 Å². The van der Waals surface area contributed by atoms with Crippen molar-refractivity contribution in [2.75, 3.05) is 0 Å². The first kappa shape index (κ1) is 18.5. The maximum Gasteiger partial charge on any atom is 0.411 e. The Balaban J connectivity index is 2.27. The lowest BCUT2D eigenvalue weighted by Crippen LogP contribution is -2.38. The van der Waals surface area contributed by atoms with E-state index in [2.05, 4.69) is 26.7 Å². The highest BCUT2D eigenvalue weighted by atomic mass is 16.6. The van der Waals surface area contributed by atoms with Gasteiger partial charge in [0.1, 0.15) is 5.60 Å². The van der Waals surface area contributed by atoms with Crippen molar-refractivity contribution in [2.45, 2.75) is 45.9 Å². The summed E-state index contributed by atoms with van der Waals surface area (Å²) >= 11 is 0. The van der Waals surface area contributed by atoms with E-state index in [9.17, 15) is 4.79 Å². The summed E-state index contributed by atoms with van der Waals surface area (Å²) in [4.78, 5) is 22.7. The van der Waals surface area contributed by atoms with E-state index in [0.717, 1.165) is 0 Å². The van der Waals surface area contributed by atoms with Gasteiger partial charge in [0.2, 0.25) is 0 Å². The Morgan fingerprint density at radius 2 is 1.96 bits per heavy atom. The smallest absolute Gasteiger partial charge is 0.411 e. The molecule has 0 bridgehead atoms. The lowest BCUT2D eigenvalue weighted by Gasteiger charge is -2.30. The Morgan fingerprint density at radius 3 is 2.48 bits per heavy atom. The quantitative estimate of drug-likeness (QED) is 0.829. The first-order valence-corrected chi connectivity index (χ1v) is 8.02. The van der Waals surface area contributed by atoms with Crippen LogP contribution in [0.1, 0.15) is 50.9 Å². The summed E-state index contributed by atoms with van der Waals surface area (Å²) in [6, 6.07) is 4.96. The third-order valence-electron chi connectivity index (χ3n) is 3.34. The fraction of sp³-hybridized carbons (Fsp3) is 0.389. The normalized spacial score (nSPS) is 12.3. The molecule has 0 saturated carbocycles. The van der Waals surface area contributed by atoms with Crippen LogP contribution in [-0.4, -0.2) is 36.8 Å². The number of ether oxygens (including phenoxy) is 1. The van der Waals surface area contributed by atoms with E-state index in [1.54, 1.807) is 36.7 Å². The lowest BCUT2D eigenvalue weighted by molar-refractivity contribution is 0.0141. The van der Waals surface area contributed by atoms with E-state index >= 15 is 0 Å². The van der Waals surface area contributed by atoms with Crippen molar-refractivity contribution < 1.29 is 9.53 Å². The van der Waals surface area contributed by atoms with Gasteiger partial charge in [-0.15, -0.1) is 0 Å². The Kier molecular flexibility index (Phi) is 5.80. The number of nitrogens with zero attached hydrogens (tertiary/aromatic N) is 5. The van der Waals surface area contributed by atoms with E-state index in [1.165, 1.54) is 4.90 Å². The summed E-state index contributed by atoms with van der Waals surface area (Å²) in [5.74, 6) is 0.532. The van der Waals surface area contributed by atoms with Crippen molar-refractivity contribution >= 4 is 12.2 Å². The fourth-order valence-corrected chi connectivity index (χ4v) is 2.08. The highest BCUT2D eigenvalue weighted by Crippen LogP contribution is 2.22. The van der Waals surface area contributed by atoms with Crippen LogP contribution in [0.4, 0.5) is 4.79 Å². The molecule has 2 aromatic rings. The monoisotopic (exact) mass is 341 g/mol. The van der Waals surface area contributed by atoms with Crippen molar-refractivity contribution in [1.82, 2.24) is 25.1 Å². The zero-order chi connectivity index (χ0) is 18.4. The van der Waals surface area contributed by atoms with Crippen LogP contribution in [0.25, 0.3) is 6.08 Å². The molecule has 2 aromatic heterocycles. The van der Waals surface area contributed by atoms with Gasteiger partial charge in [0.15, 0.2) is 5.82 Å². The van der Waals surface area contributed by atoms with Gasteiger partial charge in [-0.1, -0.05) is 6.58 Å². The van der Waals surface area contributed by atoms with E-state index < -0.39 is 11.7 Å². The summed E-state index contributed by atoms with van der Waals surface area (Å²) in [5, 5.41) is 8.17. The predicted octanol–water partition coefficient (Wildman–Crippen LogP) is 3.41. The molecule has 132 valence electrons. The number of rotatable bonds is 5. The van der Waals surface area contributed by atoms with Gasteiger partial charge in [-0.3, -0.25) is 4.90 Å². The van der Waals surface area contributed by atoms with E-state index in [1.807, 2.05) is 27.7 Å². The summed E-state index contributed by atoms with van der Waals surface area (Å²) in [5.41, 5.74) is 0.705. The van der Waals surface area contributed by atoms with Crippen LogP contribution in [0.5, 0.6) is 0 Å². The molecular formula is C18H23N5O2. The van der Waals surface area contributed by atoms with Crippen LogP contribution in [0.15, 0.2) is 37.2 Å². The van der Waals surface area contributed by atoms with Crippen LogP contribution in [0.2, 0.25) is 0 Å². The van der Waals surface area contributed by atoms with Gasteiger partial charge in [0, 0.05) is 12.4 Å². The Morgan fingerprint density at radius 1 is 1.28 bits per heavy atom. The number of carbonyl (C=O) groups excluding carboxylic acids is 1. The summed E-state index contributed by atoms with van der Waals surface area (Å²) in [6.07, 6.45) is 4.44. The Bertz CT molecular complexity index is 710. The zero-order valence-corrected chi connectivity index (χ0v) is 15.0. The van der Waals surface area contributed by atoms with Gasteiger partial charge < -0.3 is 4.74 Å². The molecule has 2 heterocycles. The van der Waals surface area contributed by atoms with Crippen LogP contribution in [0, 0.1) is 0 Å². The molecule has 0 aliphatic rings. The minimum absolute atomic E-state index is 0.235. The zero-order valence-electron chi connectivity index (χ0n) is 15.0. The second-order valence-electron chi connectivity index (χ2n) is 6.54. The van der Waals surface area contributed by atoms with Crippen LogP contribution in [0.3, 0.4) is 0 Å². The standard InChI is InChI=1S/C18H23N5O2/c1-6-14-8-9-15(22-21-14)12-23(17(24)25-18(3,4)5)13(2)16-19-10-7-11-20-16/h6-11,13H,1,12H2,2-5H3/t13-/m1/s1. The average Bonchev–Trinajstić information content (AvgIpc) is 2.59. The minimum atomic E-state index is -0.606. The van der Waals surface area contributed by atoms with Gasteiger partial charge >= 0.3 is 6.09 Å². The lowest BCUT2D eigenvalue weighted by atomic mass is 10.2. The molecule has 25 heavy (non-hydrogen) atoms. The largest absolute Gasteiger partial charge is 0.444 e. The molecule has 0 spiro atoms. The number of carbonyl (C=O) groups is 1. The highest BCUT2D eigenvalue weighted by molar-refractivity contribution is 5.68. The average molecular weight is 341 g/mol. The molecular weight excluding hydrogens is 318 g/mol. The summed E-state index contributed by atoms with van der Waals surface area (Å²) in [6.45, 7) is 11.2. The molecule has 0 unspecified atom stereocenters. The molecule has 0 fully saturated rings. The van der Waals surface area contributed by atoms with Gasteiger partial charge in [-0.05, 0) is 52.0 Å². The van der Waals surface area contributed by atoms with E-state index in [0.29, 0.717) is 17.2 Å². The molecule has 2 rings (SSSR count). The summed E-state index contributed by atoms with van der Waals surface area (Å²) in [7, 11) is 0. The first-order chi connectivity index (χ1) is 11.8. The molecule has 0 N–H and O–H groups in total. The van der Waals surface area contributed by atoms with Crippen molar-refractivity contribution in [3.63, 3.8) is 0 Å². The molecule has 1 atom stereocenters. The SMILES string of the molecule is C=Cc1ccc(CN(C(=O)OC(C)(C)C)[C@H](C)c2ncccn2)nn1. The molecule has 1 amide bonds. The molecule has 0 aliphatic carbocycles. The van der Waals surface area contributed by atoms with Crippen molar-refractivity contribution in [1.29, 1.82) is 0 Å². The molecule has 0 radical (unpaired) electrons. The number of amides is 1. The third-order valence-corrected chi connectivity index (χ3v) is 3.34. The van der Waals surface area contributed by atoms with Gasteiger partial charge in [0.25, 0.3) is 0 Å². The maximum atomic E-state index is 12.7. The maximum absolute atomic E-state index is 12.7. The molecule has 7 nitrogen and oxygen atoms in total. The minimum Gasteiger partial charge on any atom is -0.444 e. The van der Waals surface area contributed by atoms with Crippen LogP contribution >= 0.6 is 0 Å². The number of aromatic nitrogens is 4. The van der Waals surface area contributed by atoms with Gasteiger partial charge in [-0.2, -0.15) is 10.2 Å². The van der Waals surface area contributed by atoms with Crippen molar-refractivity contribution in [3.8, 4) is 0 Å². The highest BCUT2D eigenvalue weighted by Gasteiger charge is 2.28. The van der Waals surface area contributed by atoms with E-state index in [4.69, 9.17) is 4.74 Å². The van der Waals surface area contributed by atoms with E-state index in [-0.39, 0.29) is 12.6 Å². The second kappa shape index (κ2) is 7.83. The number of hydrogen-bond acceptors (Lipinski definition) is 6. The second-order valence-corrected chi connectivity index (χ2v) is 6.54. The predicted molar refractivity (Wildman–Crippen MR) is 94.3 cm³/mol. The number of hydrogen-bond donors (Lipinski definition) is 0. The fourth-order valence-electron chi connectivity index (χ4n) is 2.08. The Hall–Kier alpha value is -2.83. The van der Waals surface area contributed by atoms with Crippen LogP contribution < -0.4 is 0 Å².